The number of hydrogen-bond donors (Lipinski definition) is 0. The molecule has 0 amide bonds. The van der Waals surface area contributed by atoms with Gasteiger partial charge in [-0.2, -0.15) is 0 Å². The maximum Gasteiger partial charge on any atom is 0.307 e. The number of carbonyl (C=O) groups is 4. The molecule has 1 heterocycles. The summed E-state index contributed by atoms with van der Waals surface area (Å²) in [6.07, 6.45) is -3.96. The van der Waals surface area contributed by atoms with Crippen LogP contribution in [0, 0.1) is 0 Å². The van der Waals surface area contributed by atoms with Crippen molar-refractivity contribution < 1.29 is 42.9 Å². The fourth-order valence-corrected chi connectivity index (χ4v) is 2.15. The van der Waals surface area contributed by atoms with Crippen molar-refractivity contribution in [2.45, 2.75) is 78.0 Å². The molecule has 0 aromatic heterocycles. The number of carbonyl (C=O) groups excluding carboxylic acids is 4. The Morgan fingerprint density at radius 3 is 1.65 bits per heavy atom. The number of rotatable bonds is 9. The van der Waals surface area contributed by atoms with E-state index in [-0.39, 0.29) is 32.3 Å². The van der Waals surface area contributed by atoms with E-state index < -0.39 is 48.5 Å². The molecule has 0 radical (unpaired) electrons. The van der Waals surface area contributed by atoms with Crippen LogP contribution >= 0.6 is 0 Å². The van der Waals surface area contributed by atoms with Gasteiger partial charge in [-0.25, -0.2) is 0 Å². The van der Waals surface area contributed by atoms with Crippen molar-refractivity contribution in [3.05, 3.63) is 0 Å². The molecular formula is C17H26O9. The Morgan fingerprint density at radius 2 is 1.15 bits per heavy atom. The number of esters is 4. The minimum absolute atomic E-state index is 0.0782. The third-order valence-corrected chi connectivity index (χ3v) is 3.61. The van der Waals surface area contributed by atoms with E-state index in [2.05, 4.69) is 0 Å². The zero-order chi connectivity index (χ0) is 19.7. The van der Waals surface area contributed by atoms with Crippen LogP contribution in [0.25, 0.3) is 0 Å². The first-order chi connectivity index (χ1) is 12.4. The minimum atomic E-state index is -1.25. The van der Waals surface area contributed by atoms with Crippen LogP contribution in [0.3, 0.4) is 0 Å². The van der Waals surface area contributed by atoms with E-state index in [4.69, 9.17) is 23.7 Å². The molecular weight excluding hydrogens is 348 g/mol. The van der Waals surface area contributed by atoms with Crippen LogP contribution < -0.4 is 0 Å². The molecule has 0 aromatic carbocycles. The second-order valence-electron chi connectivity index (χ2n) is 5.54. The van der Waals surface area contributed by atoms with Gasteiger partial charge in [-0.05, 0) is 0 Å². The van der Waals surface area contributed by atoms with E-state index in [0.29, 0.717) is 0 Å². The highest BCUT2D eigenvalue weighted by Crippen LogP contribution is 2.29. The van der Waals surface area contributed by atoms with Gasteiger partial charge in [0, 0.05) is 25.7 Å². The average molecular weight is 374 g/mol. The van der Waals surface area contributed by atoms with Crippen molar-refractivity contribution in [2.24, 2.45) is 0 Å². The molecule has 0 aliphatic carbocycles. The topological polar surface area (TPSA) is 114 Å². The maximum absolute atomic E-state index is 11.8. The van der Waals surface area contributed by atoms with Crippen LogP contribution in [0.5, 0.6) is 0 Å². The van der Waals surface area contributed by atoms with Gasteiger partial charge in [0.15, 0.2) is 6.10 Å². The van der Waals surface area contributed by atoms with Gasteiger partial charge in [0.2, 0.25) is 12.4 Å². The SMILES string of the molecule is CCC(=O)OCC1OC(OC(=O)CC)[C@H](OC(=O)CC)[C@@H]1OC(=O)CC. The van der Waals surface area contributed by atoms with Crippen molar-refractivity contribution in [2.75, 3.05) is 6.61 Å². The number of hydrogen-bond acceptors (Lipinski definition) is 9. The first kappa shape index (κ1) is 21.9. The lowest BCUT2D eigenvalue weighted by atomic mass is 10.1. The van der Waals surface area contributed by atoms with Gasteiger partial charge < -0.3 is 23.7 Å². The van der Waals surface area contributed by atoms with Gasteiger partial charge >= 0.3 is 23.9 Å². The molecule has 0 bridgehead atoms. The van der Waals surface area contributed by atoms with Crippen molar-refractivity contribution >= 4 is 23.9 Å². The molecule has 1 saturated heterocycles. The van der Waals surface area contributed by atoms with Gasteiger partial charge in [0.05, 0.1) is 0 Å². The summed E-state index contributed by atoms with van der Waals surface area (Å²) in [6, 6.07) is 0. The maximum atomic E-state index is 11.8. The van der Waals surface area contributed by atoms with E-state index in [1.54, 1.807) is 27.7 Å². The first-order valence-corrected chi connectivity index (χ1v) is 8.75. The van der Waals surface area contributed by atoms with Gasteiger partial charge in [-0.3, -0.25) is 19.2 Å². The summed E-state index contributed by atoms with van der Waals surface area (Å²) >= 11 is 0. The molecule has 1 rings (SSSR count). The molecule has 9 nitrogen and oxygen atoms in total. The van der Waals surface area contributed by atoms with Crippen LogP contribution in [0.4, 0.5) is 0 Å². The molecule has 0 saturated carbocycles. The van der Waals surface area contributed by atoms with Crippen molar-refractivity contribution in [1.29, 1.82) is 0 Å². The van der Waals surface area contributed by atoms with E-state index in [0.717, 1.165) is 0 Å². The Balaban J connectivity index is 3.01. The van der Waals surface area contributed by atoms with Crippen LogP contribution in [0.15, 0.2) is 0 Å². The lowest BCUT2D eigenvalue weighted by Gasteiger charge is -2.23. The third kappa shape index (κ3) is 6.29. The Morgan fingerprint density at radius 1 is 0.692 bits per heavy atom. The largest absolute Gasteiger partial charge is 0.463 e. The summed E-state index contributed by atoms with van der Waals surface area (Å²) in [5.41, 5.74) is 0. The van der Waals surface area contributed by atoms with Crippen LogP contribution in [0.2, 0.25) is 0 Å². The summed E-state index contributed by atoms with van der Waals surface area (Å²) in [7, 11) is 0. The Kier molecular flexibility index (Phi) is 9.04. The average Bonchev–Trinajstić information content (AvgIpc) is 2.95. The van der Waals surface area contributed by atoms with Gasteiger partial charge in [0.25, 0.3) is 0 Å². The highest BCUT2D eigenvalue weighted by atomic mass is 16.8. The molecule has 2 unspecified atom stereocenters. The molecule has 0 N–H and O–H groups in total. The van der Waals surface area contributed by atoms with Crippen LogP contribution in [-0.4, -0.2) is 55.1 Å². The zero-order valence-electron chi connectivity index (χ0n) is 15.5. The Hall–Kier alpha value is -2.16. The third-order valence-electron chi connectivity index (χ3n) is 3.61. The summed E-state index contributed by atoms with van der Waals surface area (Å²) in [5.74, 6) is -2.16. The quantitative estimate of drug-likeness (QED) is 0.434. The Labute approximate surface area is 152 Å². The van der Waals surface area contributed by atoms with Gasteiger partial charge in [0.1, 0.15) is 12.7 Å². The summed E-state index contributed by atoms with van der Waals surface area (Å²) in [4.78, 5) is 46.5. The van der Waals surface area contributed by atoms with Gasteiger partial charge in [-0.1, -0.05) is 27.7 Å². The molecule has 4 atom stereocenters. The highest BCUT2D eigenvalue weighted by Gasteiger charge is 2.51. The van der Waals surface area contributed by atoms with Gasteiger partial charge in [-0.15, -0.1) is 0 Å². The molecule has 1 aliphatic rings. The molecule has 1 aliphatic heterocycles. The van der Waals surface area contributed by atoms with E-state index >= 15 is 0 Å². The van der Waals surface area contributed by atoms with E-state index in [1.165, 1.54) is 0 Å². The van der Waals surface area contributed by atoms with Crippen LogP contribution in [-0.2, 0) is 42.9 Å². The summed E-state index contributed by atoms with van der Waals surface area (Å²) in [5, 5.41) is 0. The van der Waals surface area contributed by atoms with E-state index in [1.807, 2.05) is 0 Å². The second kappa shape index (κ2) is 10.7. The predicted molar refractivity (Wildman–Crippen MR) is 86.6 cm³/mol. The molecule has 1 fully saturated rings. The number of ether oxygens (including phenoxy) is 5. The van der Waals surface area contributed by atoms with Crippen molar-refractivity contribution in [3.8, 4) is 0 Å². The molecule has 148 valence electrons. The molecule has 9 heteroatoms. The lowest BCUT2D eigenvalue weighted by molar-refractivity contribution is -0.199. The Bertz CT molecular complexity index is 516. The molecule has 0 spiro atoms. The van der Waals surface area contributed by atoms with Crippen molar-refractivity contribution in [1.82, 2.24) is 0 Å². The summed E-state index contributed by atoms with van der Waals surface area (Å²) < 4.78 is 26.4. The molecule has 0 aromatic rings. The van der Waals surface area contributed by atoms with Crippen LogP contribution in [0.1, 0.15) is 53.4 Å². The fourth-order valence-electron chi connectivity index (χ4n) is 2.15. The predicted octanol–water partition coefficient (Wildman–Crippen LogP) is 1.26. The smallest absolute Gasteiger partial charge is 0.307 e. The monoisotopic (exact) mass is 374 g/mol. The zero-order valence-corrected chi connectivity index (χ0v) is 15.5. The standard InChI is InChI=1S/C17H26O9/c1-5-11(18)22-9-10-15(24-12(19)6-2)16(25-13(20)7-3)17(23-10)26-14(21)8-4/h10,15-17H,5-9H2,1-4H3/t10?,15-,16-,17?/m1/s1. The molecule has 26 heavy (non-hydrogen) atoms. The fraction of sp³-hybridized carbons (Fsp3) is 0.765. The normalized spacial score (nSPS) is 24.6. The second-order valence-corrected chi connectivity index (χ2v) is 5.54. The van der Waals surface area contributed by atoms with Crippen molar-refractivity contribution in [3.63, 3.8) is 0 Å². The lowest BCUT2D eigenvalue weighted by Crippen LogP contribution is -2.42. The summed E-state index contributed by atoms with van der Waals surface area (Å²) in [6.45, 7) is 6.20. The first-order valence-electron chi connectivity index (χ1n) is 8.75. The highest BCUT2D eigenvalue weighted by molar-refractivity contribution is 5.71. The minimum Gasteiger partial charge on any atom is -0.463 e. The van der Waals surface area contributed by atoms with E-state index in [9.17, 15) is 19.2 Å².